The zero-order chi connectivity index (χ0) is 7.40. The lowest BCUT2D eigenvalue weighted by Gasteiger charge is -1.81. The highest BCUT2D eigenvalue weighted by Crippen LogP contribution is 2.04. The zero-order valence-electron chi connectivity index (χ0n) is 5.79. The van der Waals surface area contributed by atoms with E-state index in [-0.39, 0.29) is 6.54 Å². The Morgan fingerprint density at radius 2 is 2.60 bits per heavy atom. The third-order valence-electron chi connectivity index (χ3n) is 1.16. The fraction of sp³-hybridized carbons (Fsp3) is 0.429. The van der Waals surface area contributed by atoms with Gasteiger partial charge in [-0.15, -0.1) is 0 Å². The minimum absolute atomic E-state index is 0.250. The summed E-state index contributed by atoms with van der Waals surface area (Å²) in [6, 6.07) is 0. The molecule has 0 radical (unpaired) electrons. The molecule has 0 spiro atoms. The lowest BCUT2D eigenvalue weighted by Crippen LogP contribution is -1.74. The molecule has 3 heteroatoms. The molecule has 1 heterocycles. The smallest absolute Gasteiger partial charge is 0.289 e. The first kappa shape index (κ1) is 6.81. The number of rotatable bonds is 2. The van der Waals surface area contributed by atoms with Gasteiger partial charge in [0.05, 0.1) is 6.20 Å². The van der Waals surface area contributed by atoms with E-state index < -0.39 is 0 Å². The molecule has 0 unspecified atom stereocenters. The molecule has 0 N–H and O–H groups in total. The summed E-state index contributed by atoms with van der Waals surface area (Å²) in [4.78, 5) is 7.04. The Morgan fingerprint density at radius 1 is 1.80 bits per heavy atom. The Labute approximate surface area is 59.5 Å². The molecular weight excluding hydrogens is 128 g/mol. The number of oxazole rings is 1. The summed E-state index contributed by atoms with van der Waals surface area (Å²) in [5.41, 5.74) is 0. The standard InChI is InChI=1S/C7H8N2O/c1-3-6-4-9-7(10-6)5-8-2/h4H,3,5H2,1H3. The number of nitrogens with zero attached hydrogens (tertiary/aromatic N) is 2. The molecule has 0 fully saturated rings. The van der Waals surface area contributed by atoms with Crippen LogP contribution in [0.25, 0.3) is 4.85 Å². The van der Waals surface area contributed by atoms with E-state index in [4.69, 9.17) is 11.0 Å². The van der Waals surface area contributed by atoms with Gasteiger partial charge in [0.15, 0.2) is 0 Å². The number of aryl methyl sites for hydroxylation is 1. The Morgan fingerprint density at radius 3 is 3.10 bits per heavy atom. The average Bonchev–Trinajstić information content (AvgIpc) is 2.37. The van der Waals surface area contributed by atoms with Gasteiger partial charge in [-0.3, -0.25) is 0 Å². The fourth-order valence-electron chi connectivity index (χ4n) is 0.652. The van der Waals surface area contributed by atoms with Crippen LogP contribution in [0.15, 0.2) is 10.6 Å². The van der Waals surface area contributed by atoms with Gasteiger partial charge in [-0.2, -0.15) is 0 Å². The van der Waals surface area contributed by atoms with Crippen molar-refractivity contribution < 1.29 is 4.42 Å². The highest BCUT2D eigenvalue weighted by Gasteiger charge is 2.02. The molecule has 1 aromatic rings. The van der Waals surface area contributed by atoms with E-state index in [9.17, 15) is 0 Å². The molecule has 0 atom stereocenters. The second-order valence-corrected chi connectivity index (χ2v) is 1.89. The van der Waals surface area contributed by atoms with Crippen LogP contribution in [0.3, 0.4) is 0 Å². The van der Waals surface area contributed by atoms with Crippen molar-refractivity contribution in [3.63, 3.8) is 0 Å². The maximum atomic E-state index is 6.53. The lowest BCUT2D eigenvalue weighted by molar-refractivity contribution is 0.469. The fourth-order valence-corrected chi connectivity index (χ4v) is 0.652. The lowest BCUT2D eigenvalue weighted by atomic mass is 10.4. The number of hydrogen-bond acceptors (Lipinski definition) is 2. The van der Waals surface area contributed by atoms with Gasteiger partial charge in [0.2, 0.25) is 0 Å². The van der Waals surface area contributed by atoms with E-state index in [1.54, 1.807) is 6.20 Å². The second-order valence-electron chi connectivity index (χ2n) is 1.89. The van der Waals surface area contributed by atoms with Crippen LogP contribution < -0.4 is 0 Å². The third kappa shape index (κ3) is 1.35. The Hall–Kier alpha value is -1.30. The average molecular weight is 136 g/mol. The highest BCUT2D eigenvalue weighted by molar-refractivity contribution is 4.94. The van der Waals surface area contributed by atoms with Crippen molar-refractivity contribution in [3.05, 3.63) is 29.3 Å². The highest BCUT2D eigenvalue weighted by atomic mass is 16.4. The summed E-state index contributed by atoms with van der Waals surface area (Å²) in [7, 11) is 0. The van der Waals surface area contributed by atoms with E-state index in [2.05, 4.69) is 9.83 Å². The maximum absolute atomic E-state index is 6.53. The van der Waals surface area contributed by atoms with Crippen molar-refractivity contribution in [2.45, 2.75) is 19.9 Å². The van der Waals surface area contributed by atoms with Crippen molar-refractivity contribution in [1.82, 2.24) is 4.98 Å². The van der Waals surface area contributed by atoms with Crippen molar-refractivity contribution in [1.29, 1.82) is 0 Å². The van der Waals surface area contributed by atoms with Crippen molar-refractivity contribution in [2.75, 3.05) is 0 Å². The molecule has 0 aromatic carbocycles. The van der Waals surface area contributed by atoms with Gasteiger partial charge in [-0.25, -0.2) is 11.6 Å². The van der Waals surface area contributed by atoms with Crippen molar-refractivity contribution in [2.24, 2.45) is 0 Å². The molecule has 0 saturated carbocycles. The number of hydrogen-bond donors (Lipinski definition) is 0. The summed E-state index contributed by atoms with van der Waals surface area (Å²) in [6.07, 6.45) is 2.51. The minimum atomic E-state index is 0.250. The molecule has 1 aromatic heterocycles. The molecular formula is C7H8N2O. The summed E-state index contributed by atoms with van der Waals surface area (Å²) in [6.45, 7) is 8.77. The molecule has 52 valence electrons. The summed E-state index contributed by atoms with van der Waals surface area (Å²) < 4.78 is 5.15. The molecule has 0 aliphatic heterocycles. The third-order valence-corrected chi connectivity index (χ3v) is 1.16. The van der Waals surface area contributed by atoms with Gasteiger partial charge in [-0.1, -0.05) is 6.92 Å². The summed E-state index contributed by atoms with van der Waals surface area (Å²) in [5.74, 6) is 1.37. The predicted molar refractivity (Wildman–Crippen MR) is 36.2 cm³/mol. The first-order valence-corrected chi connectivity index (χ1v) is 3.13. The van der Waals surface area contributed by atoms with Crippen LogP contribution in [0.5, 0.6) is 0 Å². The molecule has 10 heavy (non-hydrogen) atoms. The zero-order valence-corrected chi connectivity index (χ0v) is 5.79. The van der Waals surface area contributed by atoms with Crippen molar-refractivity contribution >= 4 is 0 Å². The van der Waals surface area contributed by atoms with E-state index >= 15 is 0 Å². The van der Waals surface area contributed by atoms with Crippen molar-refractivity contribution in [3.8, 4) is 0 Å². The largest absolute Gasteiger partial charge is 0.439 e. The Bertz CT molecular complexity index is 246. The van der Waals surface area contributed by atoms with Crippen LogP contribution in [0.1, 0.15) is 18.6 Å². The van der Waals surface area contributed by atoms with Crippen LogP contribution in [-0.2, 0) is 13.0 Å². The van der Waals surface area contributed by atoms with Crippen LogP contribution in [0.4, 0.5) is 0 Å². The normalized spacial score (nSPS) is 9.20. The molecule has 0 aliphatic rings. The van der Waals surface area contributed by atoms with E-state index in [1.165, 1.54) is 0 Å². The second kappa shape index (κ2) is 3.02. The van der Waals surface area contributed by atoms with Gasteiger partial charge in [0, 0.05) is 6.42 Å². The molecule has 0 aliphatic carbocycles. The SMILES string of the molecule is [C-]#[N+]Cc1ncc(CC)o1. The predicted octanol–water partition coefficient (Wildman–Crippen LogP) is 1.66. The number of aromatic nitrogens is 1. The molecule has 1 rings (SSSR count). The quantitative estimate of drug-likeness (QED) is 0.579. The monoisotopic (exact) mass is 136 g/mol. The van der Waals surface area contributed by atoms with Gasteiger partial charge in [0.1, 0.15) is 5.76 Å². The Kier molecular flexibility index (Phi) is 2.06. The topological polar surface area (TPSA) is 30.4 Å². The first-order valence-electron chi connectivity index (χ1n) is 3.13. The van der Waals surface area contributed by atoms with Crippen LogP contribution in [0, 0.1) is 6.57 Å². The molecule has 0 saturated heterocycles. The minimum Gasteiger partial charge on any atom is -0.439 e. The van der Waals surface area contributed by atoms with Crippen LogP contribution in [0.2, 0.25) is 0 Å². The van der Waals surface area contributed by atoms with Gasteiger partial charge in [0.25, 0.3) is 12.4 Å². The van der Waals surface area contributed by atoms with Crippen LogP contribution >= 0.6 is 0 Å². The summed E-state index contributed by atoms with van der Waals surface area (Å²) >= 11 is 0. The van der Waals surface area contributed by atoms with Gasteiger partial charge >= 0.3 is 0 Å². The van der Waals surface area contributed by atoms with Gasteiger partial charge in [-0.05, 0) is 0 Å². The van der Waals surface area contributed by atoms with E-state index in [0.29, 0.717) is 5.89 Å². The maximum Gasteiger partial charge on any atom is 0.289 e. The van der Waals surface area contributed by atoms with Gasteiger partial charge < -0.3 is 9.26 Å². The van der Waals surface area contributed by atoms with E-state index in [0.717, 1.165) is 12.2 Å². The van der Waals surface area contributed by atoms with E-state index in [1.807, 2.05) is 6.92 Å². The Balaban J connectivity index is 2.70. The molecule has 3 nitrogen and oxygen atoms in total. The summed E-state index contributed by atoms with van der Waals surface area (Å²) in [5, 5.41) is 0. The molecule has 0 bridgehead atoms. The van der Waals surface area contributed by atoms with Crippen LogP contribution in [-0.4, -0.2) is 4.98 Å². The molecule has 0 amide bonds. The first-order chi connectivity index (χ1) is 4.86.